The molecule has 1 aliphatic rings. The maximum atomic E-state index is 12.5. The molecule has 0 radical (unpaired) electrons. The zero-order valence-electron chi connectivity index (χ0n) is 11.0. The molecule has 0 aromatic carbocycles. The topological polar surface area (TPSA) is 75.8 Å². The van der Waals surface area contributed by atoms with Gasteiger partial charge in [0.05, 0.1) is 11.1 Å². The van der Waals surface area contributed by atoms with Gasteiger partial charge >= 0.3 is 0 Å². The Hall–Kier alpha value is -0.720. The molecule has 0 aliphatic carbocycles. The Balaban J connectivity index is 2.73. The Morgan fingerprint density at radius 2 is 2.11 bits per heavy atom. The lowest BCUT2D eigenvalue weighted by Crippen LogP contribution is -2.52. The van der Waals surface area contributed by atoms with Gasteiger partial charge in [-0.1, -0.05) is 12.2 Å². The molecule has 0 aromatic heterocycles. The molecule has 1 heterocycles. The predicted octanol–water partition coefficient (Wildman–Crippen LogP) is 0.299. The summed E-state index contributed by atoms with van der Waals surface area (Å²) in [5.41, 5.74) is 5.01. The molecular formula is C12H22N2O3S. The van der Waals surface area contributed by atoms with Gasteiger partial charge in [0.25, 0.3) is 0 Å². The smallest absolute Gasteiger partial charge is 0.235 e. The summed E-state index contributed by atoms with van der Waals surface area (Å²) < 4.78 is 5.28. The third-order valence-corrected chi connectivity index (χ3v) is 3.85. The van der Waals surface area contributed by atoms with Crippen molar-refractivity contribution in [1.29, 1.82) is 0 Å². The van der Waals surface area contributed by atoms with Crippen molar-refractivity contribution in [3.63, 3.8) is 0 Å². The lowest BCUT2D eigenvalue weighted by Gasteiger charge is -2.37. The number of nitrogens with zero attached hydrogens (tertiary/aromatic N) is 1. The van der Waals surface area contributed by atoms with Crippen LogP contribution in [0.4, 0.5) is 0 Å². The molecule has 1 unspecified atom stereocenters. The molecule has 5 nitrogen and oxygen atoms in total. The normalized spacial score (nSPS) is 20.2. The third-order valence-electron chi connectivity index (χ3n) is 3.46. The molecule has 1 atom stereocenters. The van der Waals surface area contributed by atoms with Gasteiger partial charge in [-0.05, 0) is 26.2 Å². The maximum Gasteiger partial charge on any atom is 0.235 e. The first-order chi connectivity index (χ1) is 8.40. The zero-order valence-corrected chi connectivity index (χ0v) is 11.8. The highest BCUT2D eigenvalue weighted by atomic mass is 32.1. The van der Waals surface area contributed by atoms with Gasteiger partial charge in [-0.2, -0.15) is 0 Å². The molecule has 1 rings (SSSR count). The van der Waals surface area contributed by atoms with Crippen molar-refractivity contribution >= 4 is 23.1 Å². The van der Waals surface area contributed by atoms with E-state index in [9.17, 15) is 9.90 Å². The standard InChI is InChI=1S/C12H22N2O3S/c1-9(15)3-6-14(2)11(16)12(10(13)18)4-7-17-8-5-12/h9,15H,3-8H2,1-2H3,(H2,13,18). The summed E-state index contributed by atoms with van der Waals surface area (Å²) >= 11 is 5.08. The SMILES string of the molecule is CC(O)CCN(C)C(=O)C1(C(N)=S)CCOCC1. The van der Waals surface area contributed by atoms with E-state index in [0.29, 0.717) is 39.0 Å². The number of amides is 1. The summed E-state index contributed by atoms with van der Waals surface area (Å²) in [5.74, 6) is -0.0565. The number of thiocarbonyl (C=S) groups is 1. The predicted molar refractivity (Wildman–Crippen MR) is 73.2 cm³/mol. The summed E-state index contributed by atoms with van der Waals surface area (Å²) in [6, 6.07) is 0. The van der Waals surface area contributed by atoms with E-state index < -0.39 is 11.5 Å². The monoisotopic (exact) mass is 274 g/mol. The number of aliphatic hydroxyl groups is 1. The fourth-order valence-corrected chi connectivity index (χ4v) is 2.42. The van der Waals surface area contributed by atoms with Crippen LogP contribution in [0, 0.1) is 5.41 Å². The Morgan fingerprint density at radius 3 is 2.56 bits per heavy atom. The molecule has 6 heteroatoms. The highest BCUT2D eigenvalue weighted by molar-refractivity contribution is 7.80. The molecule has 0 spiro atoms. The second-order valence-corrected chi connectivity index (χ2v) is 5.36. The number of ether oxygens (including phenoxy) is 1. The third kappa shape index (κ3) is 3.40. The molecule has 1 saturated heterocycles. The van der Waals surface area contributed by atoms with Crippen LogP contribution in [0.15, 0.2) is 0 Å². The highest BCUT2D eigenvalue weighted by Crippen LogP contribution is 2.33. The van der Waals surface area contributed by atoms with E-state index in [0.717, 1.165) is 0 Å². The molecular weight excluding hydrogens is 252 g/mol. The van der Waals surface area contributed by atoms with E-state index in [1.54, 1.807) is 18.9 Å². The van der Waals surface area contributed by atoms with Crippen LogP contribution in [0.3, 0.4) is 0 Å². The van der Waals surface area contributed by atoms with E-state index >= 15 is 0 Å². The Bertz CT molecular complexity index is 314. The number of carbonyl (C=O) groups excluding carboxylic acids is 1. The Morgan fingerprint density at radius 1 is 1.56 bits per heavy atom. The molecule has 1 aliphatic heterocycles. The van der Waals surface area contributed by atoms with E-state index in [1.807, 2.05) is 0 Å². The lowest BCUT2D eigenvalue weighted by atomic mass is 9.78. The number of aliphatic hydroxyl groups excluding tert-OH is 1. The molecule has 18 heavy (non-hydrogen) atoms. The molecule has 1 fully saturated rings. The first kappa shape index (κ1) is 15.3. The van der Waals surface area contributed by atoms with Crippen molar-refractivity contribution in [2.24, 2.45) is 11.1 Å². The summed E-state index contributed by atoms with van der Waals surface area (Å²) in [5, 5.41) is 9.26. The van der Waals surface area contributed by atoms with Gasteiger partial charge in [0.1, 0.15) is 5.41 Å². The summed E-state index contributed by atoms with van der Waals surface area (Å²) in [6.45, 7) is 3.22. The van der Waals surface area contributed by atoms with Gasteiger partial charge in [0, 0.05) is 26.8 Å². The largest absolute Gasteiger partial charge is 0.393 e. The maximum absolute atomic E-state index is 12.5. The van der Waals surface area contributed by atoms with Crippen LogP contribution < -0.4 is 5.73 Å². The van der Waals surface area contributed by atoms with E-state index in [4.69, 9.17) is 22.7 Å². The first-order valence-corrected chi connectivity index (χ1v) is 6.62. The number of nitrogens with two attached hydrogens (primary N) is 1. The Labute approximate surface area is 113 Å². The fourth-order valence-electron chi connectivity index (χ4n) is 2.13. The van der Waals surface area contributed by atoms with Gasteiger partial charge in [-0.3, -0.25) is 4.79 Å². The molecule has 104 valence electrons. The number of rotatable bonds is 5. The van der Waals surface area contributed by atoms with E-state index in [2.05, 4.69) is 0 Å². The minimum atomic E-state index is -0.763. The van der Waals surface area contributed by atoms with Crippen LogP contribution in [0.5, 0.6) is 0 Å². The molecule has 0 bridgehead atoms. The van der Waals surface area contributed by atoms with Crippen molar-refractivity contribution in [3.8, 4) is 0 Å². The van der Waals surface area contributed by atoms with Crippen molar-refractivity contribution in [2.45, 2.75) is 32.3 Å². The van der Waals surface area contributed by atoms with Gasteiger partial charge in [0.2, 0.25) is 5.91 Å². The second kappa shape index (κ2) is 6.45. The molecule has 1 amide bonds. The van der Waals surface area contributed by atoms with Crippen molar-refractivity contribution < 1.29 is 14.6 Å². The molecule has 3 N–H and O–H groups in total. The fraction of sp³-hybridized carbons (Fsp3) is 0.833. The average Bonchev–Trinajstić information content (AvgIpc) is 2.35. The quantitative estimate of drug-likeness (QED) is 0.705. The van der Waals surface area contributed by atoms with Crippen LogP contribution in [0.2, 0.25) is 0 Å². The van der Waals surface area contributed by atoms with Crippen LogP contribution in [-0.4, -0.2) is 53.8 Å². The van der Waals surface area contributed by atoms with Gasteiger partial charge < -0.3 is 20.5 Å². The van der Waals surface area contributed by atoms with Crippen LogP contribution in [0.25, 0.3) is 0 Å². The average molecular weight is 274 g/mol. The van der Waals surface area contributed by atoms with E-state index in [-0.39, 0.29) is 10.9 Å². The first-order valence-electron chi connectivity index (χ1n) is 6.21. The zero-order chi connectivity index (χ0) is 13.8. The molecule has 0 aromatic rings. The van der Waals surface area contributed by atoms with E-state index in [1.165, 1.54) is 0 Å². The van der Waals surface area contributed by atoms with Crippen LogP contribution >= 0.6 is 12.2 Å². The lowest BCUT2D eigenvalue weighted by molar-refractivity contribution is -0.141. The van der Waals surface area contributed by atoms with Crippen molar-refractivity contribution in [3.05, 3.63) is 0 Å². The summed E-state index contributed by atoms with van der Waals surface area (Å²) in [6.07, 6.45) is 1.21. The number of hydrogen-bond acceptors (Lipinski definition) is 4. The van der Waals surface area contributed by atoms with Crippen LogP contribution in [-0.2, 0) is 9.53 Å². The minimum absolute atomic E-state index is 0.0565. The van der Waals surface area contributed by atoms with Crippen LogP contribution in [0.1, 0.15) is 26.2 Å². The number of carbonyl (C=O) groups is 1. The minimum Gasteiger partial charge on any atom is -0.393 e. The summed E-state index contributed by atoms with van der Waals surface area (Å²) in [7, 11) is 1.72. The van der Waals surface area contributed by atoms with Crippen molar-refractivity contribution in [1.82, 2.24) is 4.90 Å². The second-order valence-electron chi connectivity index (χ2n) is 4.92. The van der Waals surface area contributed by atoms with Gasteiger partial charge in [-0.25, -0.2) is 0 Å². The molecule has 0 saturated carbocycles. The summed E-state index contributed by atoms with van der Waals surface area (Å²) in [4.78, 5) is 14.4. The Kier molecular flexibility index (Phi) is 5.49. The van der Waals surface area contributed by atoms with Crippen molar-refractivity contribution in [2.75, 3.05) is 26.8 Å². The number of hydrogen-bond donors (Lipinski definition) is 2. The van der Waals surface area contributed by atoms with Gasteiger partial charge in [0.15, 0.2) is 0 Å². The van der Waals surface area contributed by atoms with Gasteiger partial charge in [-0.15, -0.1) is 0 Å². The highest BCUT2D eigenvalue weighted by Gasteiger charge is 2.44.